The minimum Gasteiger partial charge on any atom is -0.147 e. The zero-order valence-corrected chi connectivity index (χ0v) is 10.8. The van der Waals surface area contributed by atoms with Gasteiger partial charge in [-0.05, 0) is 0 Å². The molecule has 80 valence electrons. The van der Waals surface area contributed by atoms with Crippen molar-refractivity contribution in [3.05, 3.63) is 0 Å². The van der Waals surface area contributed by atoms with Gasteiger partial charge in [0, 0.05) is 0 Å². The van der Waals surface area contributed by atoms with Crippen LogP contribution in [0.2, 0.25) is 0 Å². The molecule has 0 N–H and O–H groups in total. The molecule has 2 saturated heterocycles. The Labute approximate surface area is 89.6 Å². The van der Waals surface area contributed by atoms with E-state index in [1.54, 1.807) is 37.5 Å². The summed E-state index contributed by atoms with van der Waals surface area (Å²) in [6.45, 7) is 4.98. The van der Waals surface area contributed by atoms with Crippen LogP contribution in [0.4, 0.5) is 0 Å². The van der Waals surface area contributed by atoms with Gasteiger partial charge in [-0.3, -0.25) is 0 Å². The van der Waals surface area contributed by atoms with Crippen LogP contribution in [0.5, 0.6) is 0 Å². The van der Waals surface area contributed by atoms with Gasteiger partial charge in [-0.25, -0.2) is 0 Å². The molecule has 0 radical (unpaired) electrons. The van der Waals surface area contributed by atoms with E-state index in [0.717, 1.165) is 11.8 Å². The molecule has 13 heavy (non-hydrogen) atoms. The fraction of sp³-hybridized carbons (Fsp3) is 1.00. The van der Waals surface area contributed by atoms with E-state index >= 15 is 0 Å². The van der Waals surface area contributed by atoms with Gasteiger partial charge >= 0.3 is 76.9 Å². The van der Waals surface area contributed by atoms with Gasteiger partial charge in [-0.15, -0.1) is 12.4 Å². The first-order valence-corrected chi connectivity index (χ1v) is 8.53. The monoisotopic (exact) mass is 222 g/mol. The second-order valence-electron chi connectivity index (χ2n) is 5.56. The minimum absolute atomic E-state index is 0. The van der Waals surface area contributed by atoms with E-state index < -0.39 is 7.26 Å². The van der Waals surface area contributed by atoms with E-state index in [9.17, 15) is 0 Å². The molecule has 2 rings (SSSR count). The van der Waals surface area contributed by atoms with Gasteiger partial charge in [0.25, 0.3) is 0 Å². The molecule has 0 aromatic rings. The van der Waals surface area contributed by atoms with E-state index in [1.807, 2.05) is 0 Å². The summed E-state index contributed by atoms with van der Waals surface area (Å²) < 4.78 is 0. The third-order valence-corrected chi connectivity index (χ3v) is 9.99. The standard InChI is InChI=1S/C11H23P.ClH/c1-10-7-11(2)9-12(8-10)5-3-4-6-12;/h10-12H,3-9H2,1-2H3;1H. The van der Waals surface area contributed by atoms with Crippen molar-refractivity contribution >= 4 is 19.7 Å². The molecule has 0 aliphatic carbocycles. The van der Waals surface area contributed by atoms with Crippen LogP contribution in [0.1, 0.15) is 33.1 Å². The summed E-state index contributed by atoms with van der Waals surface area (Å²) >= 11 is 0. The average Bonchev–Trinajstić information content (AvgIpc) is 2.33. The third kappa shape index (κ3) is 2.60. The van der Waals surface area contributed by atoms with Gasteiger partial charge in [0.1, 0.15) is 0 Å². The summed E-state index contributed by atoms with van der Waals surface area (Å²) in [6.07, 6.45) is 11.4. The molecule has 2 aliphatic rings. The second kappa shape index (κ2) is 4.49. The maximum absolute atomic E-state index is 2.49. The van der Waals surface area contributed by atoms with Gasteiger partial charge < -0.3 is 0 Å². The smallest absolute Gasteiger partial charge is 0.147 e. The summed E-state index contributed by atoms with van der Waals surface area (Å²) in [5.41, 5.74) is 0. The minimum atomic E-state index is -0.646. The Bertz CT molecular complexity index is 151. The van der Waals surface area contributed by atoms with Crippen molar-refractivity contribution in [2.45, 2.75) is 33.1 Å². The van der Waals surface area contributed by atoms with E-state index in [0.29, 0.717) is 0 Å². The molecule has 0 aromatic heterocycles. The van der Waals surface area contributed by atoms with Crippen LogP contribution in [0.15, 0.2) is 0 Å². The molecular formula is C11H24ClP. The Hall–Kier alpha value is 0.720. The number of hydrogen-bond acceptors (Lipinski definition) is 0. The van der Waals surface area contributed by atoms with Crippen LogP contribution in [-0.4, -0.2) is 24.6 Å². The SMILES string of the molecule is CC1CC(C)C[PH]2(CCCC2)C1.Cl. The van der Waals surface area contributed by atoms with E-state index in [-0.39, 0.29) is 12.4 Å². The van der Waals surface area contributed by atoms with Crippen molar-refractivity contribution in [3.8, 4) is 0 Å². The Morgan fingerprint density at radius 1 is 0.923 bits per heavy atom. The molecule has 0 bridgehead atoms. The predicted octanol–water partition coefficient (Wildman–Crippen LogP) is 3.63. The maximum Gasteiger partial charge on any atom is -0.147 e. The van der Waals surface area contributed by atoms with Crippen molar-refractivity contribution in [1.29, 1.82) is 0 Å². The molecule has 2 heterocycles. The normalized spacial score (nSPS) is 39.8. The first-order chi connectivity index (χ1) is 5.70. The topological polar surface area (TPSA) is 0 Å². The van der Waals surface area contributed by atoms with Crippen molar-refractivity contribution < 1.29 is 0 Å². The molecule has 2 fully saturated rings. The summed E-state index contributed by atoms with van der Waals surface area (Å²) in [6, 6.07) is 0. The maximum atomic E-state index is 2.49. The van der Waals surface area contributed by atoms with Gasteiger partial charge in [0.05, 0.1) is 0 Å². The zero-order chi connectivity index (χ0) is 8.60. The molecule has 1 spiro atoms. The summed E-state index contributed by atoms with van der Waals surface area (Å²) in [7, 11) is -0.646. The molecular weight excluding hydrogens is 199 g/mol. The van der Waals surface area contributed by atoms with Crippen molar-refractivity contribution in [3.63, 3.8) is 0 Å². The largest absolute Gasteiger partial charge is 0.147 e. The van der Waals surface area contributed by atoms with Gasteiger partial charge in [-0.2, -0.15) is 0 Å². The zero-order valence-electron chi connectivity index (χ0n) is 9.01. The van der Waals surface area contributed by atoms with Crippen LogP contribution < -0.4 is 0 Å². The first-order valence-electron chi connectivity index (χ1n) is 5.70. The van der Waals surface area contributed by atoms with Crippen molar-refractivity contribution in [2.75, 3.05) is 24.6 Å². The molecule has 2 heteroatoms. The summed E-state index contributed by atoms with van der Waals surface area (Å²) in [5, 5.41) is 0. The van der Waals surface area contributed by atoms with E-state index in [4.69, 9.17) is 0 Å². The Morgan fingerprint density at radius 2 is 1.38 bits per heavy atom. The molecule has 2 unspecified atom stereocenters. The number of hydrogen-bond donors (Lipinski definition) is 0. The quantitative estimate of drug-likeness (QED) is 0.549. The second-order valence-corrected chi connectivity index (χ2v) is 10.4. The Balaban J connectivity index is 0.000000845. The van der Waals surface area contributed by atoms with Gasteiger partial charge in [0.2, 0.25) is 0 Å². The van der Waals surface area contributed by atoms with E-state index in [1.165, 1.54) is 6.42 Å². The van der Waals surface area contributed by atoms with Crippen molar-refractivity contribution in [2.24, 2.45) is 11.8 Å². The Morgan fingerprint density at radius 3 is 1.85 bits per heavy atom. The van der Waals surface area contributed by atoms with E-state index in [2.05, 4.69) is 13.8 Å². The van der Waals surface area contributed by atoms with Crippen LogP contribution in [-0.2, 0) is 0 Å². The fourth-order valence-electron chi connectivity index (χ4n) is 3.95. The number of halogens is 1. The molecule has 2 aliphatic heterocycles. The van der Waals surface area contributed by atoms with Crippen LogP contribution >= 0.6 is 19.7 Å². The van der Waals surface area contributed by atoms with Crippen LogP contribution in [0.3, 0.4) is 0 Å². The molecule has 2 atom stereocenters. The number of rotatable bonds is 0. The fourth-order valence-corrected chi connectivity index (χ4v) is 10.5. The molecule has 0 amide bonds. The van der Waals surface area contributed by atoms with Crippen molar-refractivity contribution in [1.82, 2.24) is 0 Å². The van der Waals surface area contributed by atoms with Gasteiger partial charge in [0.15, 0.2) is 0 Å². The molecule has 0 saturated carbocycles. The summed E-state index contributed by atoms with van der Waals surface area (Å²) in [4.78, 5) is 0. The summed E-state index contributed by atoms with van der Waals surface area (Å²) in [5.74, 6) is 2.14. The Kier molecular flexibility index (Phi) is 4.08. The predicted molar refractivity (Wildman–Crippen MR) is 67.2 cm³/mol. The average molecular weight is 223 g/mol. The van der Waals surface area contributed by atoms with Crippen LogP contribution in [0.25, 0.3) is 0 Å². The van der Waals surface area contributed by atoms with Crippen LogP contribution in [0, 0.1) is 11.8 Å². The third-order valence-electron chi connectivity index (χ3n) is 4.03. The molecule has 0 nitrogen and oxygen atoms in total. The van der Waals surface area contributed by atoms with Gasteiger partial charge in [-0.1, -0.05) is 0 Å². The molecule has 0 aromatic carbocycles. The first kappa shape index (κ1) is 11.8.